The van der Waals surface area contributed by atoms with Crippen LogP contribution in [0.3, 0.4) is 0 Å². The molecular formula is C16H23Br5O3. The van der Waals surface area contributed by atoms with E-state index < -0.39 is 0 Å². The summed E-state index contributed by atoms with van der Waals surface area (Å²) in [5.41, 5.74) is 1.06. The molecule has 1 aromatic carbocycles. The van der Waals surface area contributed by atoms with E-state index in [9.17, 15) is 0 Å². The third-order valence-corrected chi connectivity index (χ3v) is 7.95. The first-order valence-electron chi connectivity index (χ1n) is 6.60. The topological polar surface area (TPSA) is 49.7 Å². The Bertz CT molecular complexity index is 442. The first kappa shape index (κ1) is 29.7. The Balaban J connectivity index is -0.000000365. The Morgan fingerprint density at radius 2 is 1.04 bits per heavy atom. The average molecular weight is 663 g/mol. The molecule has 2 N–H and O–H groups in total. The van der Waals surface area contributed by atoms with Gasteiger partial charge in [-0.25, -0.2) is 0 Å². The SMILES string of the molecule is C=CC.C=CC.COCc1c(Br)c(Br)c(Br)c(Br)c1Br.OCCO. The third-order valence-electron chi connectivity index (χ3n) is 1.69. The van der Waals surface area contributed by atoms with Gasteiger partial charge < -0.3 is 14.9 Å². The number of aliphatic hydroxyl groups is 2. The molecule has 140 valence electrons. The Morgan fingerprint density at radius 1 is 0.792 bits per heavy atom. The van der Waals surface area contributed by atoms with Crippen LogP contribution >= 0.6 is 79.6 Å². The van der Waals surface area contributed by atoms with Crippen molar-refractivity contribution < 1.29 is 14.9 Å². The lowest BCUT2D eigenvalue weighted by Crippen LogP contribution is -1.94. The zero-order valence-electron chi connectivity index (χ0n) is 13.9. The van der Waals surface area contributed by atoms with Crippen LogP contribution in [0.5, 0.6) is 0 Å². The molecule has 3 nitrogen and oxygen atoms in total. The van der Waals surface area contributed by atoms with E-state index in [-0.39, 0.29) is 13.2 Å². The van der Waals surface area contributed by atoms with E-state index in [1.54, 1.807) is 19.3 Å². The fraction of sp³-hybridized carbons (Fsp3) is 0.375. The smallest absolute Gasteiger partial charge is 0.0735 e. The van der Waals surface area contributed by atoms with Gasteiger partial charge in [0.2, 0.25) is 0 Å². The molecule has 0 aliphatic heterocycles. The summed E-state index contributed by atoms with van der Waals surface area (Å²) >= 11 is 17.5. The molecule has 0 radical (unpaired) electrons. The van der Waals surface area contributed by atoms with Crippen LogP contribution in [0.2, 0.25) is 0 Å². The van der Waals surface area contributed by atoms with Crippen molar-refractivity contribution in [1.82, 2.24) is 0 Å². The van der Waals surface area contributed by atoms with Crippen molar-refractivity contribution in [3.05, 3.63) is 53.2 Å². The molecule has 0 atom stereocenters. The second-order valence-electron chi connectivity index (χ2n) is 3.75. The number of methoxy groups -OCH3 is 1. The van der Waals surface area contributed by atoms with Gasteiger partial charge >= 0.3 is 0 Å². The number of rotatable bonds is 3. The first-order valence-corrected chi connectivity index (χ1v) is 10.6. The highest BCUT2D eigenvalue weighted by Crippen LogP contribution is 2.44. The van der Waals surface area contributed by atoms with E-state index in [1.165, 1.54) is 0 Å². The molecule has 0 amide bonds. The second-order valence-corrected chi connectivity index (χ2v) is 7.71. The summed E-state index contributed by atoms with van der Waals surface area (Å²) in [7, 11) is 1.67. The van der Waals surface area contributed by atoms with Crippen molar-refractivity contribution in [2.45, 2.75) is 20.5 Å². The lowest BCUT2D eigenvalue weighted by molar-refractivity contribution is 0.183. The van der Waals surface area contributed by atoms with Crippen LogP contribution in [-0.4, -0.2) is 30.5 Å². The maximum Gasteiger partial charge on any atom is 0.0735 e. The highest BCUT2D eigenvalue weighted by Gasteiger charge is 2.16. The monoisotopic (exact) mass is 658 g/mol. The van der Waals surface area contributed by atoms with Crippen LogP contribution in [0.15, 0.2) is 47.7 Å². The van der Waals surface area contributed by atoms with Crippen molar-refractivity contribution in [1.29, 1.82) is 0 Å². The predicted molar refractivity (Wildman–Crippen MR) is 122 cm³/mol. The summed E-state index contributed by atoms with van der Waals surface area (Å²) in [5.74, 6) is 0. The zero-order chi connectivity index (χ0) is 19.7. The van der Waals surface area contributed by atoms with Gasteiger partial charge in [0.25, 0.3) is 0 Å². The molecule has 0 unspecified atom stereocenters. The molecule has 0 aliphatic rings. The molecular weight excluding hydrogens is 640 g/mol. The highest BCUT2D eigenvalue weighted by molar-refractivity contribution is 9.15. The van der Waals surface area contributed by atoms with Crippen LogP contribution in [0.1, 0.15) is 19.4 Å². The third kappa shape index (κ3) is 13.2. The van der Waals surface area contributed by atoms with E-state index in [2.05, 4.69) is 92.8 Å². The summed E-state index contributed by atoms with van der Waals surface area (Å²) in [6.07, 6.45) is 3.50. The van der Waals surface area contributed by atoms with Gasteiger partial charge in [0.15, 0.2) is 0 Å². The Morgan fingerprint density at radius 3 is 1.25 bits per heavy atom. The van der Waals surface area contributed by atoms with Gasteiger partial charge in [-0.15, -0.1) is 13.2 Å². The summed E-state index contributed by atoms with van der Waals surface area (Å²) in [4.78, 5) is 0. The van der Waals surface area contributed by atoms with E-state index in [4.69, 9.17) is 14.9 Å². The largest absolute Gasteiger partial charge is 0.394 e. The molecule has 0 saturated carbocycles. The van der Waals surface area contributed by atoms with Gasteiger partial charge in [0.1, 0.15) is 0 Å². The van der Waals surface area contributed by atoms with Gasteiger partial charge in [-0.2, -0.15) is 0 Å². The molecule has 0 spiro atoms. The minimum Gasteiger partial charge on any atom is -0.394 e. The minimum atomic E-state index is -0.125. The lowest BCUT2D eigenvalue weighted by atomic mass is 10.2. The normalized spacial score (nSPS) is 8.58. The van der Waals surface area contributed by atoms with Gasteiger partial charge in [-0.1, -0.05) is 12.2 Å². The highest BCUT2D eigenvalue weighted by atomic mass is 79.9. The van der Waals surface area contributed by atoms with Gasteiger partial charge in [0, 0.05) is 35.0 Å². The number of ether oxygens (including phenoxy) is 1. The molecule has 0 fully saturated rings. The second kappa shape index (κ2) is 20.3. The number of allylic oxidation sites excluding steroid dienone is 2. The lowest BCUT2D eigenvalue weighted by Gasteiger charge is -2.12. The maximum absolute atomic E-state index is 7.62. The molecule has 24 heavy (non-hydrogen) atoms. The van der Waals surface area contributed by atoms with Crippen LogP contribution in [0.4, 0.5) is 0 Å². The van der Waals surface area contributed by atoms with Crippen LogP contribution < -0.4 is 0 Å². The van der Waals surface area contributed by atoms with Crippen LogP contribution in [0, 0.1) is 0 Å². The molecule has 1 aromatic rings. The fourth-order valence-electron chi connectivity index (χ4n) is 0.921. The van der Waals surface area contributed by atoms with Crippen LogP contribution in [-0.2, 0) is 11.3 Å². The fourth-order valence-corrected chi connectivity index (χ4v) is 4.28. The van der Waals surface area contributed by atoms with Crippen LogP contribution in [0.25, 0.3) is 0 Å². The van der Waals surface area contributed by atoms with Crippen molar-refractivity contribution in [3.63, 3.8) is 0 Å². The number of benzene rings is 1. The Kier molecular flexibility index (Phi) is 25.1. The van der Waals surface area contributed by atoms with Crippen molar-refractivity contribution >= 4 is 79.6 Å². The molecule has 0 heterocycles. The molecule has 0 aromatic heterocycles. The summed E-state index contributed by atoms with van der Waals surface area (Å²) in [6, 6.07) is 0. The molecule has 0 saturated heterocycles. The van der Waals surface area contributed by atoms with Crippen molar-refractivity contribution in [2.24, 2.45) is 0 Å². The van der Waals surface area contributed by atoms with Crippen molar-refractivity contribution in [2.75, 3.05) is 20.3 Å². The summed E-state index contributed by atoms with van der Waals surface area (Å²) in [6.45, 7) is 10.8. The van der Waals surface area contributed by atoms with E-state index in [0.717, 1.165) is 27.9 Å². The Hall–Kier alpha value is 0.980. The minimum absolute atomic E-state index is 0.125. The van der Waals surface area contributed by atoms with E-state index >= 15 is 0 Å². The quantitative estimate of drug-likeness (QED) is 0.208. The number of hydrogen-bond acceptors (Lipinski definition) is 3. The maximum atomic E-state index is 7.62. The summed E-state index contributed by atoms with van der Waals surface area (Å²) < 4.78 is 10.0. The number of halogens is 5. The van der Waals surface area contributed by atoms with Gasteiger partial charge in [-0.3, -0.25) is 0 Å². The average Bonchev–Trinajstić information content (AvgIpc) is 2.57. The van der Waals surface area contributed by atoms with Gasteiger partial charge in [-0.05, 0) is 93.5 Å². The standard InChI is InChI=1S/C8H5Br5O.2C3H6.C2H6O2/c1-14-2-3-4(9)6(11)8(13)7(12)5(3)10;2*1-3-2;3-1-2-4/h2H2,1H3;2*3H,1H2,2H3;3-4H,1-2H2. The number of hydrogen-bond donors (Lipinski definition) is 2. The van der Waals surface area contributed by atoms with E-state index in [1.807, 2.05) is 13.8 Å². The molecule has 1 rings (SSSR count). The van der Waals surface area contributed by atoms with Gasteiger partial charge in [0.05, 0.1) is 19.8 Å². The molecule has 0 bridgehead atoms. The molecule has 0 aliphatic carbocycles. The van der Waals surface area contributed by atoms with E-state index in [0.29, 0.717) is 6.61 Å². The zero-order valence-corrected chi connectivity index (χ0v) is 21.8. The van der Waals surface area contributed by atoms with Crippen molar-refractivity contribution in [3.8, 4) is 0 Å². The predicted octanol–water partition coefficient (Wildman–Crippen LogP) is 7.00. The Labute approximate surface area is 187 Å². The molecule has 8 heteroatoms. The first-order chi connectivity index (χ1) is 11.2. The number of aliphatic hydroxyl groups excluding tert-OH is 2. The summed E-state index contributed by atoms with van der Waals surface area (Å²) in [5, 5.41) is 15.2.